The van der Waals surface area contributed by atoms with Crippen LogP contribution in [0.1, 0.15) is 60.7 Å². The summed E-state index contributed by atoms with van der Waals surface area (Å²) in [5.41, 5.74) is 4.84. The molecule has 2 N–H and O–H groups in total. The van der Waals surface area contributed by atoms with Gasteiger partial charge in [-0.25, -0.2) is 13.6 Å². The fraction of sp³-hybridized carbons (Fsp3) is 0.296. The van der Waals surface area contributed by atoms with Crippen molar-refractivity contribution in [2.75, 3.05) is 0 Å². The van der Waals surface area contributed by atoms with Crippen molar-refractivity contribution >= 4 is 22.9 Å². The van der Waals surface area contributed by atoms with Gasteiger partial charge < -0.3 is 15.0 Å². The van der Waals surface area contributed by atoms with E-state index in [0.717, 1.165) is 52.3 Å². The molecule has 0 radical (unpaired) electrons. The largest absolute Gasteiger partial charge is 0.478 e. The van der Waals surface area contributed by atoms with Gasteiger partial charge in [-0.05, 0) is 67.2 Å². The third-order valence-electron chi connectivity index (χ3n) is 6.52. The highest BCUT2D eigenvalue weighted by Gasteiger charge is 2.39. The first-order chi connectivity index (χ1) is 15.7. The second-order valence-corrected chi connectivity index (χ2v) is 8.63. The zero-order valence-electron chi connectivity index (χ0n) is 19.1. The molecule has 1 aromatic heterocycles. The van der Waals surface area contributed by atoms with Crippen LogP contribution in [0, 0.1) is 18.6 Å². The van der Waals surface area contributed by atoms with Crippen LogP contribution in [0.4, 0.5) is 8.78 Å². The van der Waals surface area contributed by atoms with E-state index in [1.54, 1.807) is 0 Å². The lowest BCUT2D eigenvalue weighted by atomic mass is 9.85. The third-order valence-corrected chi connectivity index (χ3v) is 6.52. The van der Waals surface area contributed by atoms with Crippen LogP contribution in [-0.4, -0.2) is 27.0 Å². The second-order valence-electron chi connectivity index (χ2n) is 8.63. The van der Waals surface area contributed by atoms with Crippen molar-refractivity contribution in [3.05, 3.63) is 88.3 Å². The quantitative estimate of drug-likeness (QED) is 0.421. The number of benzene rings is 2. The number of aromatic nitrogens is 1. The lowest BCUT2D eigenvalue weighted by Gasteiger charge is -2.45. The molecule has 2 heterocycles. The van der Waals surface area contributed by atoms with Crippen LogP contribution in [0.2, 0.25) is 0 Å². The Bertz CT molecular complexity index is 1250. The number of carboxylic acids is 1. The van der Waals surface area contributed by atoms with Gasteiger partial charge in [0.1, 0.15) is 17.7 Å². The molecular formula is C27H28F2N2O2. The summed E-state index contributed by atoms with van der Waals surface area (Å²) in [7, 11) is 0. The van der Waals surface area contributed by atoms with E-state index in [1.807, 2.05) is 13.8 Å². The number of hydrogen-bond donors (Lipinski definition) is 2. The molecule has 33 heavy (non-hydrogen) atoms. The van der Waals surface area contributed by atoms with Crippen LogP contribution in [0.15, 0.2) is 48.7 Å². The summed E-state index contributed by atoms with van der Waals surface area (Å²) in [5.74, 6) is -2.60. The summed E-state index contributed by atoms with van der Waals surface area (Å²) in [4.78, 5) is 16.3. The number of aliphatic carboxylic acids is 1. The molecule has 1 aliphatic rings. The Balaban J connectivity index is 1.97. The molecule has 1 aliphatic heterocycles. The van der Waals surface area contributed by atoms with E-state index in [0.29, 0.717) is 6.42 Å². The molecule has 4 nitrogen and oxygen atoms in total. The molecule has 2 unspecified atom stereocenters. The highest BCUT2D eigenvalue weighted by Crippen LogP contribution is 2.45. The molecule has 4 rings (SSSR count). The number of rotatable bonds is 6. The molecular weight excluding hydrogens is 422 g/mol. The maximum Gasteiger partial charge on any atom is 0.328 e. The molecule has 172 valence electrons. The first-order valence-electron chi connectivity index (χ1n) is 11.2. The van der Waals surface area contributed by atoms with Crippen LogP contribution in [0.25, 0.3) is 17.0 Å². The van der Waals surface area contributed by atoms with Crippen molar-refractivity contribution in [1.29, 1.82) is 0 Å². The van der Waals surface area contributed by atoms with Gasteiger partial charge in [0, 0.05) is 34.4 Å². The fourth-order valence-corrected chi connectivity index (χ4v) is 4.90. The number of nitrogens with zero attached hydrogens (tertiary/aromatic N) is 1. The van der Waals surface area contributed by atoms with E-state index in [2.05, 4.69) is 41.6 Å². The molecule has 0 amide bonds. The van der Waals surface area contributed by atoms with Gasteiger partial charge in [-0.2, -0.15) is 0 Å². The maximum absolute atomic E-state index is 15.5. The molecule has 3 aromatic rings. The van der Waals surface area contributed by atoms with Gasteiger partial charge in [0.15, 0.2) is 0 Å². The molecule has 6 heteroatoms. The molecule has 2 atom stereocenters. The Morgan fingerprint density at radius 3 is 2.55 bits per heavy atom. The molecule has 0 aliphatic carbocycles. The number of allylic oxidation sites excluding steroid dienone is 1. The summed E-state index contributed by atoms with van der Waals surface area (Å²) in [5, 5.41) is 9.93. The highest BCUT2D eigenvalue weighted by atomic mass is 19.1. The van der Waals surface area contributed by atoms with Crippen molar-refractivity contribution in [2.45, 2.75) is 52.1 Å². The van der Waals surface area contributed by atoms with Gasteiger partial charge in [-0.1, -0.05) is 32.6 Å². The van der Waals surface area contributed by atoms with Gasteiger partial charge in [-0.15, -0.1) is 0 Å². The minimum Gasteiger partial charge on any atom is -0.478 e. The summed E-state index contributed by atoms with van der Waals surface area (Å²) < 4.78 is 31.0. The molecule has 0 saturated heterocycles. The molecule has 0 saturated carbocycles. The summed E-state index contributed by atoms with van der Waals surface area (Å²) >= 11 is 0. The highest BCUT2D eigenvalue weighted by molar-refractivity contribution is 5.86. The van der Waals surface area contributed by atoms with Crippen molar-refractivity contribution in [3.63, 3.8) is 0 Å². The van der Waals surface area contributed by atoms with Gasteiger partial charge in [-0.3, -0.25) is 0 Å². The summed E-state index contributed by atoms with van der Waals surface area (Å²) in [6.07, 6.45) is 4.27. The van der Waals surface area contributed by atoms with Crippen molar-refractivity contribution in [1.82, 2.24) is 9.88 Å². The molecule has 0 spiro atoms. The molecule has 2 aromatic carbocycles. The van der Waals surface area contributed by atoms with Crippen molar-refractivity contribution in [3.8, 4) is 0 Å². The smallest absolute Gasteiger partial charge is 0.328 e. The number of carboxylic acid groups (broad SMARTS) is 1. The minimum absolute atomic E-state index is 0.0423. The topological polar surface area (TPSA) is 56.3 Å². The third kappa shape index (κ3) is 4.06. The number of carbonyl (C=O) groups is 1. The Labute approximate surface area is 192 Å². The fourth-order valence-electron chi connectivity index (χ4n) is 4.90. The first-order valence-corrected chi connectivity index (χ1v) is 11.2. The summed E-state index contributed by atoms with van der Waals surface area (Å²) in [6, 6.07) is 7.89. The first kappa shape index (κ1) is 22.8. The Morgan fingerprint density at radius 2 is 1.94 bits per heavy atom. The Hall–Kier alpha value is -3.41. The zero-order chi connectivity index (χ0) is 23.9. The predicted octanol–water partition coefficient (Wildman–Crippen LogP) is 6.50. The normalized spacial score (nSPS) is 18.2. The molecule has 0 bridgehead atoms. The number of H-pyrrole nitrogens is 1. The summed E-state index contributed by atoms with van der Waals surface area (Å²) in [6.45, 7) is 10.3. The average molecular weight is 451 g/mol. The van der Waals surface area contributed by atoms with Gasteiger partial charge in [0.05, 0.1) is 5.56 Å². The van der Waals surface area contributed by atoms with E-state index in [9.17, 15) is 4.79 Å². The number of aryl methyl sites for hydroxylation is 1. The zero-order valence-corrected chi connectivity index (χ0v) is 19.1. The van der Waals surface area contributed by atoms with Crippen molar-refractivity contribution < 1.29 is 18.7 Å². The number of fused-ring (bicyclic) bond motifs is 3. The lowest BCUT2D eigenvalue weighted by Crippen LogP contribution is -2.43. The monoisotopic (exact) mass is 450 g/mol. The Morgan fingerprint density at radius 1 is 1.24 bits per heavy atom. The van der Waals surface area contributed by atoms with Gasteiger partial charge >= 0.3 is 5.97 Å². The Kier molecular flexibility index (Phi) is 6.11. The lowest BCUT2D eigenvalue weighted by molar-refractivity contribution is -0.131. The van der Waals surface area contributed by atoms with Gasteiger partial charge in [0.2, 0.25) is 0 Å². The van der Waals surface area contributed by atoms with Crippen LogP contribution >= 0.6 is 0 Å². The van der Waals surface area contributed by atoms with Crippen molar-refractivity contribution in [2.24, 2.45) is 0 Å². The van der Waals surface area contributed by atoms with E-state index in [-0.39, 0.29) is 17.2 Å². The standard InChI is InChI=1S/C27H28F2N2O2/c1-5-16(4)31-18(6-2)14-20-19-9-7-15(3)11-23(19)30-26(20)27(31)25-21(28)12-17(13-22(25)29)8-10-24(32)33/h7-13,18,27,30H,4-6,14H2,1-3H3,(H,32,33)/b10-8+. The number of aromatic amines is 1. The predicted molar refractivity (Wildman–Crippen MR) is 127 cm³/mol. The van der Waals surface area contributed by atoms with Crippen LogP contribution in [-0.2, 0) is 11.2 Å². The SMILES string of the molecule is C=C(CC)N1C(CC)Cc2c([nH]c3cc(C)ccc23)C1c1c(F)cc(/C=C/C(=O)O)cc1F. The number of halogens is 2. The van der Waals surface area contributed by atoms with E-state index < -0.39 is 23.6 Å². The van der Waals surface area contributed by atoms with Crippen LogP contribution in [0.5, 0.6) is 0 Å². The molecule has 0 fully saturated rings. The van der Waals surface area contributed by atoms with E-state index in [4.69, 9.17) is 5.11 Å². The van der Waals surface area contributed by atoms with E-state index >= 15 is 8.78 Å². The minimum atomic E-state index is -1.18. The average Bonchev–Trinajstić information content (AvgIpc) is 3.13. The van der Waals surface area contributed by atoms with E-state index in [1.165, 1.54) is 18.2 Å². The number of nitrogens with one attached hydrogen (secondary N) is 1. The second kappa shape index (κ2) is 8.85. The van der Waals surface area contributed by atoms with Gasteiger partial charge in [0.25, 0.3) is 0 Å². The van der Waals surface area contributed by atoms with Crippen LogP contribution in [0.3, 0.4) is 0 Å². The maximum atomic E-state index is 15.5. The number of hydrogen-bond acceptors (Lipinski definition) is 2. The van der Waals surface area contributed by atoms with Crippen LogP contribution < -0.4 is 0 Å².